The number of nitrogens with one attached hydrogen (secondary N) is 1. The second-order valence-corrected chi connectivity index (χ2v) is 5.60. The molecule has 1 saturated carbocycles. The van der Waals surface area contributed by atoms with Gasteiger partial charge in [0.05, 0.1) is 32.2 Å². The molecule has 0 radical (unpaired) electrons. The number of anilines is 1. The third kappa shape index (κ3) is 3.22. The highest BCUT2D eigenvalue weighted by atomic mass is 16.5. The minimum Gasteiger partial charge on any atom is -0.497 e. The van der Waals surface area contributed by atoms with Crippen LogP contribution in [0.3, 0.4) is 0 Å². The van der Waals surface area contributed by atoms with Gasteiger partial charge in [0.15, 0.2) is 0 Å². The van der Waals surface area contributed by atoms with Crippen molar-refractivity contribution in [2.75, 3.05) is 38.7 Å². The van der Waals surface area contributed by atoms with Gasteiger partial charge in [0.25, 0.3) is 0 Å². The molecule has 0 spiro atoms. The molecule has 2 fully saturated rings. The number of rotatable bonds is 4. The van der Waals surface area contributed by atoms with Crippen LogP contribution in [0.2, 0.25) is 0 Å². The van der Waals surface area contributed by atoms with Gasteiger partial charge in [-0.1, -0.05) is 0 Å². The molecular weight excluding hydrogens is 284 g/mol. The normalized spacial score (nSPS) is 23.8. The van der Waals surface area contributed by atoms with Crippen LogP contribution in [0.5, 0.6) is 5.75 Å². The Bertz CT molecular complexity index is 552. The van der Waals surface area contributed by atoms with E-state index in [0.717, 1.165) is 11.4 Å². The van der Waals surface area contributed by atoms with Gasteiger partial charge in [-0.15, -0.1) is 0 Å². The van der Waals surface area contributed by atoms with Gasteiger partial charge in [0.2, 0.25) is 11.8 Å². The Balaban J connectivity index is 1.52. The molecule has 3 rings (SSSR count). The Labute approximate surface area is 129 Å². The van der Waals surface area contributed by atoms with Gasteiger partial charge in [-0.2, -0.15) is 0 Å². The van der Waals surface area contributed by atoms with Crippen molar-refractivity contribution in [1.82, 2.24) is 4.90 Å². The second kappa shape index (κ2) is 6.36. The lowest BCUT2D eigenvalue weighted by molar-refractivity contribution is -0.137. The lowest BCUT2D eigenvalue weighted by Crippen LogP contribution is -2.42. The first-order chi connectivity index (χ1) is 10.7. The summed E-state index contributed by atoms with van der Waals surface area (Å²) < 4.78 is 10.3. The van der Waals surface area contributed by atoms with Crippen LogP contribution in [0.4, 0.5) is 5.69 Å². The summed E-state index contributed by atoms with van der Waals surface area (Å²) in [7, 11) is 1.60. The maximum absolute atomic E-state index is 12.3. The number of methoxy groups -OCH3 is 1. The van der Waals surface area contributed by atoms with Crippen molar-refractivity contribution in [1.29, 1.82) is 0 Å². The molecule has 1 aromatic carbocycles. The van der Waals surface area contributed by atoms with Crippen LogP contribution in [-0.4, -0.2) is 50.1 Å². The van der Waals surface area contributed by atoms with Gasteiger partial charge < -0.3 is 19.7 Å². The monoisotopic (exact) mass is 304 g/mol. The number of carbonyl (C=O) groups excluding carboxylic acids is 2. The van der Waals surface area contributed by atoms with Crippen LogP contribution >= 0.6 is 0 Å². The molecule has 2 unspecified atom stereocenters. The van der Waals surface area contributed by atoms with Crippen molar-refractivity contribution < 1.29 is 19.1 Å². The minimum atomic E-state index is -0.211. The fraction of sp³-hybridized carbons (Fsp3) is 0.500. The van der Waals surface area contributed by atoms with Gasteiger partial charge in [0, 0.05) is 18.8 Å². The first-order valence-electron chi connectivity index (χ1n) is 7.50. The van der Waals surface area contributed by atoms with E-state index in [4.69, 9.17) is 9.47 Å². The maximum atomic E-state index is 12.3. The van der Waals surface area contributed by atoms with Crippen LogP contribution < -0.4 is 10.1 Å². The number of hydrogen-bond donors (Lipinski definition) is 1. The number of nitrogens with zero attached hydrogens (tertiary/aromatic N) is 1. The molecule has 0 bridgehead atoms. The quantitative estimate of drug-likeness (QED) is 0.905. The smallest absolute Gasteiger partial charge is 0.228 e. The largest absolute Gasteiger partial charge is 0.497 e. The fourth-order valence-corrected chi connectivity index (χ4v) is 2.69. The van der Waals surface area contributed by atoms with Crippen LogP contribution in [0, 0.1) is 11.8 Å². The number of carbonyl (C=O) groups is 2. The first kappa shape index (κ1) is 14.8. The molecule has 2 aliphatic rings. The molecule has 6 heteroatoms. The first-order valence-corrected chi connectivity index (χ1v) is 7.50. The molecule has 1 N–H and O–H groups in total. The van der Waals surface area contributed by atoms with E-state index >= 15 is 0 Å². The standard InChI is InChI=1S/C16H20N2O4/c1-21-12-4-2-11(3-5-12)17-15(19)13-10-14(13)16(20)18-6-8-22-9-7-18/h2-5,13-14H,6-10H2,1H3,(H,17,19). The second-order valence-electron chi connectivity index (χ2n) is 5.60. The molecule has 2 atom stereocenters. The highest BCUT2D eigenvalue weighted by Crippen LogP contribution is 2.41. The fourth-order valence-electron chi connectivity index (χ4n) is 2.69. The molecule has 1 saturated heterocycles. The van der Waals surface area contributed by atoms with E-state index in [0.29, 0.717) is 32.7 Å². The maximum Gasteiger partial charge on any atom is 0.228 e. The van der Waals surface area contributed by atoms with Gasteiger partial charge in [-0.3, -0.25) is 9.59 Å². The van der Waals surface area contributed by atoms with E-state index in [1.807, 2.05) is 0 Å². The third-order valence-corrected chi connectivity index (χ3v) is 4.12. The Kier molecular flexibility index (Phi) is 4.29. The van der Waals surface area contributed by atoms with Crippen molar-refractivity contribution in [3.8, 4) is 5.75 Å². The highest BCUT2D eigenvalue weighted by Gasteiger charge is 2.49. The highest BCUT2D eigenvalue weighted by molar-refractivity contribution is 5.99. The predicted molar refractivity (Wildman–Crippen MR) is 80.6 cm³/mol. The van der Waals surface area contributed by atoms with E-state index < -0.39 is 0 Å². The Morgan fingerprint density at radius 2 is 1.86 bits per heavy atom. The molecule has 1 aliphatic heterocycles. The van der Waals surface area contributed by atoms with Gasteiger partial charge in [0.1, 0.15) is 5.75 Å². The number of amides is 2. The molecular formula is C16H20N2O4. The summed E-state index contributed by atoms with van der Waals surface area (Å²) in [6, 6.07) is 7.16. The number of benzene rings is 1. The van der Waals surface area contributed by atoms with E-state index in [2.05, 4.69) is 5.32 Å². The van der Waals surface area contributed by atoms with Crippen LogP contribution in [-0.2, 0) is 14.3 Å². The zero-order chi connectivity index (χ0) is 15.5. The Morgan fingerprint density at radius 1 is 1.18 bits per heavy atom. The molecule has 22 heavy (non-hydrogen) atoms. The van der Waals surface area contributed by atoms with E-state index in [9.17, 15) is 9.59 Å². The summed E-state index contributed by atoms with van der Waals surface area (Å²) in [4.78, 5) is 26.3. The molecule has 6 nitrogen and oxygen atoms in total. The summed E-state index contributed by atoms with van der Waals surface area (Å²) in [5, 5.41) is 2.85. The molecule has 1 aromatic rings. The number of morpholine rings is 1. The van der Waals surface area contributed by atoms with Crippen molar-refractivity contribution >= 4 is 17.5 Å². The number of ether oxygens (including phenoxy) is 2. The van der Waals surface area contributed by atoms with Crippen molar-refractivity contribution in [2.45, 2.75) is 6.42 Å². The van der Waals surface area contributed by atoms with Gasteiger partial charge >= 0.3 is 0 Å². The average molecular weight is 304 g/mol. The average Bonchev–Trinajstić information content (AvgIpc) is 3.36. The lowest BCUT2D eigenvalue weighted by atomic mass is 10.2. The molecule has 1 aliphatic carbocycles. The third-order valence-electron chi connectivity index (χ3n) is 4.12. The van der Waals surface area contributed by atoms with Crippen molar-refractivity contribution in [2.24, 2.45) is 11.8 Å². The van der Waals surface area contributed by atoms with Crippen LogP contribution in [0.15, 0.2) is 24.3 Å². The summed E-state index contributed by atoms with van der Waals surface area (Å²) in [6.07, 6.45) is 0.637. The molecule has 118 valence electrons. The zero-order valence-electron chi connectivity index (χ0n) is 12.6. The summed E-state index contributed by atoms with van der Waals surface area (Å²) in [6.45, 7) is 2.42. The van der Waals surface area contributed by atoms with E-state index in [-0.39, 0.29) is 23.7 Å². The topological polar surface area (TPSA) is 67.9 Å². The molecule has 1 heterocycles. The number of hydrogen-bond acceptors (Lipinski definition) is 4. The van der Waals surface area contributed by atoms with Crippen molar-refractivity contribution in [3.05, 3.63) is 24.3 Å². The van der Waals surface area contributed by atoms with Crippen LogP contribution in [0.25, 0.3) is 0 Å². The predicted octanol–water partition coefficient (Wildman–Crippen LogP) is 1.13. The van der Waals surface area contributed by atoms with E-state index in [1.54, 1.807) is 36.3 Å². The summed E-state index contributed by atoms with van der Waals surface area (Å²) >= 11 is 0. The lowest BCUT2D eigenvalue weighted by Gasteiger charge is -2.27. The van der Waals surface area contributed by atoms with Gasteiger partial charge in [-0.05, 0) is 30.7 Å². The van der Waals surface area contributed by atoms with E-state index in [1.165, 1.54) is 0 Å². The molecule has 2 amide bonds. The molecule has 0 aromatic heterocycles. The van der Waals surface area contributed by atoms with Crippen molar-refractivity contribution in [3.63, 3.8) is 0 Å². The SMILES string of the molecule is COc1ccc(NC(=O)C2CC2C(=O)N2CCOCC2)cc1. The zero-order valence-corrected chi connectivity index (χ0v) is 12.6. The minimum absolute atomic E-state index is 0.0816. The Hall–Kier alpha value is -2.08. The summed E-state index contributed by atoms with van der Waals surface area (Å²) in [5.74, 6) is 0.355. The summed E-state index contributed by atoms with van der Waals surface area (Å²) in [5.41, 5.74) is 0.718. The Morgan fingerprint density at radius 3 is 2.50 bits per heavy atom. The van der Waals surface area contributed by atoms with Crippen LogP contribution in [0.1, 0.15) is 6.42 Å². The van der Waals surface area contributed by atoms with Gasteiger partial charge in [-0.25, -0.2) is 0 Å².